The molecular weight excluding hydrogens is 306 g/mol. The number of benzene rings is 1. The highest BCUT2D eigenvalue weighted by molar-refractivity contribution is 6.39. The molecule has 0 saturated carbocycles. The lowest BCUT2D eigenvalue weighted by molar-refractivity contribution is -0.136. The summed E-state index contributed by atoms with van der Waals surface area (Å²) in [5.41, 5.74) is 1.71. The van der Waals surface area contributed by atoms with Crippen LogP contribution in [0.5, 0.6) is 0 Å². The van der Waals surface area contributed by atoms with E-state index in [-0.39, 0.29) is 12.6 Å². The van der Waals surface area contributed by atoms with Gasteiger partial charge in [0.2, 0.25) is 0 Å². The number of anilines is 1. The number of carbonyl (C=O) groups excluding carboxylic acids is 2. The molecule has 6 nitrogen and oxygen atoms in total. The number of hydrogen-bond donors (Lipinski definition) is 3. The Morgan fingerprint density at radius 2 is 2.04 bits per heavy atom. The van der Waals surface area contributed by atoms with Crippen LogP contribution in [0.4, 0.5) is 5.69 Å². The standard InChI is InChI=1S/C18H25N3O3/c1-3-9-21-10-8-14-12-15(6-7-16(14)21)20-18(24)17(23)19-13(2)5-4-11-22/h6-8,10,12-13,22H,3-5,9,11H2,1-2H3,(H,19,23)(H,20,24). The molecule has 1 unspecified atom stereocenters. The topological polar surface area (TPSA) is 83.4 Å². The normalized spacial score (nSPS) is 12.1. The van der Waals surface area contributed by atoms with Crippen LogP contribution in [-0.4, -0.2) is 34.1 Å². The molecule has 2 rings (SSSR count). The first-order chi connectivity index (χ1) is 11.5. The summed E-state index contributed by atoms with van der Waals surface area (Å²) in [6, 6.07) is 7.46. The Bertz CT molecular complexity index is 709. The lowest BCUT2D eigenvalue weighted by atomic mass is 10.2. The number of nitrogens with zero attached hydrogens (tertiary/aromatic N) is 1. The minimum atomic E-state index is -0.682. The van der Waals surface area contributed by atoms with E-state index < -0.39 is 11.8 Å². The maximum atomic E-state index is 12.0. The zero-order valence-corrected chi connectivity index (χ0v) is 14.2. The summed E-state index contributed by atoms with van der Waals surface area (Å²) in [5.74, 6) is -1.35. The van der Waals surface area contributed by atoms with E-state index in [1.54, 1.807) is 6.07 Å². The van der Waals surface area contributed by atoms with Gasteiger partial charge >= 0.3 is 11.8 Å². The molecule has 1 aromatic heterocycles. The van der Waals surface area contributed by atoms with Crippen LogP contribution in [0.2, 0.25) is 0 Å². The fourth-order valence-corrected chi connectivity index (χ4v) is 2.66. The van der Waals surface area contributed by atoms with Gasteiger partial charge in [-0.3, -0.25) is 9.59 Å². The van der Waals surface area contributed by atoms with Gasteiger partial charge in [-0.05, 0) is 50.5 Å². The largest absolute Gasteiger partial charge is 0.396 e. The van der Waals surface area contributed by atoms with E-state index in [1.807, 2.05) is 31.3 Å². The third-order valence-electron chi connectivity index (χ3n) is 3.87. The van der Waals surface area contributed by atoms with Crippen molar-refractivity contribution in [3.8, 4) is 0 Å². The average Bonchev–Trinajstić information content (AvgIpc) is 2.95. The van der Waals surface area contributed by atoms with Crippen molar-refractivity contribution in [1.82, 2.24) is 9.88 Å². The number of rotatable bonds is 7. The quantitative estimate of drug-likeness (QED) is 0.681. The molecular formula is C18H25N3O3. The zero-order chi connectivity index (χ0) is 17.5. The van der Waals surface area contributed by atoms with E-state index in [2.05, 4.69) is 22.1 Å². The molecule has 0 aliphatic heterocycles. The highest BCUT2D eigenvalue weighted by atomic mass is 16.3. The molecule has 0 fully saturated rings. The van der Waals surface area contributed by atoms with Gasteiger partial charge in [0.25, 0.3) is 0 Å². The molecule has 1 atom stereocenters. The number of hydrogen-bond acceptors (Lipinski definition) is 3. The Balaban J connectivity index is 1.98. The molecule has 1 heterocycles. The Kier molecular flexibility index (Phi) is 6.37. The molecule has 0 saturated heterocycles. The molecule has 0 bridgehead atoms. The van der Waals surface area contributed by atoms with Crippen molar-refractivity contribution >= 4 is 28.4 Å². The van der Waals surface area contributed by atoms with Crippen molar-refractivity contribution in [2.24, 2.45) is 0 Å². The molecule has 6 heteroatoms. The Morgan fingerprint density at radius 1 is 1.25 bits per heavy atom. The predicted octanol–water partition coefficient (Wildman–Crippen LogP) is 2.27. The summed E-state index contributed by atoms with van der Waals surface area (Å²) in [6.07, 6.45) is 4.30. The second kappa shape index (κ2) is 8.49. The number of amides is 2. The van der Waals surface area contributed by atoms with E-state index in [9.17, 15) is 9.59 Å². The molecule has 0 spiro atoms. The van der Waals surface area contributed by atoms with Gasteiger partial charge in [-0.2, -0.15) is 0 Å². The SMILES string of the molecule is CCCn1ccc2cc(NC(=O)C(=O)NC(C)CCCO)ccc21. The molecule has 2 aromatic rings. The minimum Gasteiger partial charge on any atom is -0.396 e. The monoisotopic (exact) mass is 331 g/mol. The summed E-state index contributed by atoms with van der Waals surface area (Å²) in [7, 11) is 0. The molecule has 130 valence electrons. The van der Waals surface area contributed by atoms with Gasteiger partial charge in [-0.15, -0.1) is 0 Å². The third kappa shape index (κ3) is 4.58. The maximum absolute atomic E-state index is 12.0. The van der Waals surface area contributed by atoms with Gasteiger partial charge in [0.1, 0.15) is 0 Å². The lowest BCUT2D eigenvalue weighted by Crippen LogP contribution is -2.40. The first kappa shape index (κ1) is 18.0. The van der Waals surface area contributed by atoms with Crippen LogP contribution in [0.3, 0.4) is 0 Å². The summed E-state index contributed by atoms with van der Waals surface area (Å²) in [4.78, 5) is 23.9. The molecule has 3 N–H and O–H groups in total. The number of fused-ring (bicyclic) bond motifs is 1. The summed E-state index contributed by atoms with van der Waals surface area (Å²) < 4.78 is 2.16. The van der Waals surface area contributed by atoms with Crippen molar-refractivity contribution in [3.63, 3.8) is 0 Å². The van der Waals surface area contributed by atoms with E-state index in [1.165, 1.54) is 0 Å². The van der Waals surface area contributed by atoms with Gasteiger partial charge in [-0.25, -0.2) is 0 Å². The fraction of sp³-hybridized carbons (Fsp3) is 0.444. The van der Waals surface area contributed by atoms with Gasteiger partial charge in [0, 0.05) is 42.0 Å². The molecule has 1 aromatic carbocycles. The first-order valence-electron chi connectivity index (χ1n) is 8.36. The third-order valence-corrected chi connectivity index (χ3v) is 3.87. The van der Waals surface area contributed by atoms with Gasteiger partial charge < -0.3 is 20.3 Å². The van der Waals surface area contributed by atoms with Crippen LogP contribution in [-0.2, 0) is 16.1 Å². The van der Waals surface area contributed by atoms with E-state index in [0.717, 1.165) is 23.9 Å². The molecule has 0 aliphatic rings. The van der Waals surface area contributed by atoms with Crippen molar-refractivity contribution in [2.45, 2.75) is 45.7 Å². The maximum Gasteiger partial charge on any atom is 0.313 e. The summed E-state index contributed by atoms with van der Waals surface area (Å²) in [5, 5.41) is 15.1. The number of aromatic nitrogens is 1. The molecule has 2 amide bonds. The van der Waals surface area contributed by atoms with Crippen LogP contribution in [0.25, 0.3) is 10.9 Å². The van der Waals surface area contributed by atoms with E-state index in [0.29, 0.717) is 18.5 Å². The predicted molar refractivity (Wildman–Crippen MR) is 94.8 cm³/mol. The summed E-state index contributed by atoms with van der Waals surface area (Å²) >= 11 is 0. The summed E-state index contributed by atoms with van der Waals surface area (Å²) in [6.45, 7) is 4.96. The Morgan fingerprint density at radius 3 is 2.75 bits per heavy atom. The van der Waals surface area contributed by atoms with Crippen LogP contribution >= 0.6 is 0 Å². The number of aliphatic hydroxyl groups excluding tert-OH is 1. The van der Waals surface area contributed by atoms with Gasteiger partial charge in [0.05, 0.1) is 0 Å². The smallest absolute Gasteiger partial charge is 0.313 e. The van der Waals surface area contributed by atoms with E-state index >= 15 is 0 Å². The van der Waals surface area contributed by atoms with Gasteiger partial charge in [-0.1, -0.05) is 6.92 Å². The minimum absolute atomic E-state index is 0.0735. The number of nitrogens with one attached hydrogen (secondary N) is 2. The zero-order valence-electron chi connectivity index (χ0n) is 14.2. The van der Waals surface area contributed by atoms with Crippen molar-refractivity contribution < 1.29 is 14.7 Å². The second-order valence-electron chi connectivity index (χ2n) is 5.98. The lowest BCUT2D eigenvalue weighted by Gasteiger charge is -2.13. The van der Waals surface area contributed by atoms with E-state index in [4.69, 9.17) is 5.11 Å². The number of aryl methyl sites for hydroxylation is 1. The first-order valence-corrected chi connectivity index (χ1v) is 8.36. The van der Waals surface area contributed by atoms with Gasteiger partial charge in [0.15, 0.2) is 0 Å². The van der Waals surface area contributed by atoms with Crippen LogP contribution < -0.4 is 10.6 Å². The van der Waals surface area contributed by atoms with Crippen LogP contribution in [0, 0.1) is 0 Å². The van der Waals surface area contributed by atoms with Crippen LogP contribution in [0.15, 0.2) is 30.5 Å². The highest BCUT2D eigenvalue weighted by Gasteiger charge is 2.16. The Hall–Kier alpha value is -2.34. The number of carbonyl (C=O) groups is 2. The van der Waals surface area contributed by atoms with Crippen molar-refractivity contribution in [3.05, 3.63) is 30.5 Å². The highest BCUT2D eigenvalue weighted by Crippen LogP contribution is 2.20. The Labute approximate surface area is 141 Å². The molecule has 0 radical (unpaired) electrons. The molecule has 0 aliphatic carbocycles. The van der Waals surface area contributed by atoms with Crippen LogP contribution in [0.1, 0.15) is 33.1 Å². The molecule has 24 heavy (non-hydrogen) atoms. The van der Waals surface area contributed by atoms with Crippen molar-refractivity contribution in [1.29, 1.82) is 0 Å². The van der Waals surface area contributed by atoms with Crippen molar-refractivity contribution in [2.75, 3.05) is 11.9 Å². The second-order valence-corrected chi connectivity index (χ2v) is 5.98. The number of aliphatic hydroxyl groups is 1. The average molecular weight is 331 g/mol. The fourth-order valence-electron chi connectivity index (χ4n) is 2.66.